The number of fused-ring (bicyclic) bond motifs is 1. The molecule has 0 unspecified atom stereocenters. The van der Waals surface area contributed by atoms with Crippen molar-refractivity contribution in [3.63, 3.8) is 0 Å². The van der Waals surface area contributed by atoms with Gasteiger partial charge < -0.3 is 10.1 Å². The van der Waals surface area contributed by atoms with Crippen molar-refractivity contribution < 1.29 is 9.53 Å². The maximum absolute atomic E-state index is 11.7. The average Bonchev–Trinajstić information content (AvgIpc) is 2.47. The molecule has 1 amide bonds. The van der Waals surface area contributed by atoms with Crippen LogP contribution in [-0.4, -0.2) is 5.91 Å². The second-order valence-electron chi connectivity index (χ2n) is 3.79. The predicted octanol–water partition coefficient (Wildman–Crippen LogP) is 2.84. The molecule has 3 nitrogen and oxygen atoms in total. The first-order valence-electron chi connectivity index (χ1n) is 5.58. The summed E-state index contributed by atoms with van der Waals surface area (Å²) in [6.45, 7) is 2.13. The molecule has 1 N–H and O–H groups in total. The Labute approximate surface area is 95.1 Å². The number of hydrogen-bond acceptors (Lipinski definition) is 2. The van der Waals surface area contributed by atoms with Gasteiger partial charge in [0, 0.05) is 12.6 Å². The zero-order valence-corrected chi connectivity index (χ0v) is 9.32. The van der Waals surface area contributed by atoms with Crippen molar-refractivity contribution in [1.82, 2.24) is 5.32 Å². The molecule has 1 aromatic carbocycles. The fourth-order valence-electron chi connectivity index (χ4n) is 1.61. The smallest absolute Gasteiger partial charge is 0.259 e. The van der Waals surface area contributed by atoms with E-state index in [0.29, 0.717) is 11.3 Å². The third-order valence-electron chi connectivity index (χ3n) is 2.51. The first kappa shape index (κ1) is 10.7. The van der Waals surface area contributed by atoms with E-state index in [-0.39, 0.29) is 5.91 Å². The van der Waals surface area contributed by atoms with Gasteiger partial charge in [-0.05, 0) is 18.6 Å². The number of hydrogen-bond donors (Lipinski definition) is 1. The third kappa shape index (κ3) is 2.24. The Hall–Kier alpha value is -1.77. The monoisotopic (exact) mass is 217 g/mol. The van der Waals surface area contributed by atoms with Crippen LogP contribution < -0.4 is 10.1 Å². The summed E-state index contributed by atoms with van der Waals surface area (Å²) in [6, 6.07) is 7.29. The van der Waals surface area contributed by atoms with Crippen molar-refractivity contribution in [3.8, 4) is 5.75 Å². The van der Waals surface area contributed by atoms with Gasteiger partial charge in [-0.25, -0.2) is 0 Å². The highest BCUT2D eigenvalue weighted by Crippen LogP contribution is 2.24. The Morgan fingerprint density at radius 3 is 2.94 bits per heavy atom. The Kier molecular flexibility index (Phi) is 3.25. The van der Waals surface area contributed by atoms with E-state index in [1.807, 2.05) is 18.2 Å². The lowest BCUT2D eigenvalue weighted by molar-refractivity contribution is 0.0970. The highest BCUT2D eigenvalue weighted by atomic mass is 16.5. The molecule has 1 heterocycles. The topological polar surface area (TPSA) is 38.3 Å². The van der Waals surface area contributed by atoms with Crippen molar-refractivity contribution in [2.75, 3.05) is 0 Å². The summed E-state index contributed by atoms with van der Waals surface area (Å²) in [5.74, 6) is 1.35. The number of benzene rings is 1. The van der Waals surface area contributed by atoms with E-state index in [1.54, 1.807) is 12.3 Å². The Balaban J connectivity index is 2.22. The number of allylic oxidation sites excluding steroid dienone is 1. The van der Waals surface area contributed by atoms with Crippen LogP contribution in [0, 0.1) is 0 Å². The maximum atomic E-state index is 11.7. The number of carbonyl (C=O) groups excluding carboxylic acids is 1. The van der Waals surface area contributed by atoms with Gasteiger partial charge in [-0.15, -0.1) is 0 Å². The first-order chi connectivity index (χ1) is 7.81. The van der Waals surface area contributed by atoms with Gasteiger partial charge in [-0.2, -0.15) is 0 Å². The van der Waals surface area contributed by atoms with Crippen molar-refractivity contribution in [1.29, 1.82) is 0 Å². The van der Waals surface area contributed by atoms with Crippen LogP contribution in [-0.2, 0) is 0 Å². The molecule has 0 aromatic heterocycles. The molecule has 0 fully saturated rings. The minimum Gasteiger partial charge on any atom is -0.459 e. The standard InChI is InChI=1S/C13H15NO2/c1-2-3-6-10-9-14-13(15)11-7-4-5-8-12(11)16-10/h4-5,7-9H,2-3,6H2,1H3,(H,14,15). The Bertz CT molecular complexity index is 424. The summed E-state index contributed by atoms with van der Waals surface area (Å²) in [7, 11) is 0. The van der Waals surface area contributed by atoms with Crippen LogP contribution in [0.5, 0.6) is 5.75 Å². The molecule has 0 aliphatic carbocycles. The van der Waals surface area contributed by atoms with Gasteiger partial charge in [-0.1, -0.05) is 25.5 Å². The summed E-state index contributed by atoms with van der Waals surface area (Å²) in [5, 5.41) is 2.73. The maximum Gasteiger partial charge on any atom is 0.259 e. The van der Waals surface area contributed by atoms with Gasteiger partial charge >= 0.3 is 0 Å². The van der Waals surface area contributed by atoms with E-state index in [9.17, 15) is 4.79 Å². The molecule has 0 bridgehead atoms. The van der Waals surface area contributed by atoms with Crippen LogP contribution in [0.3, 0.4) is 0 Å². The zero-order valence-electron chi connectivity index (χ0n) is 9.32. The first-order valence-corrected chi connectivity index (χ1v) is 5.58. The number of amides is 1. The number of nitrogens with one attached hydrogen (secondary N) is 1. The molecular weight excluding hydrogens is 202 g/mol. The van der Waals surface area contributed by atoms with Gasteiger partial charge in [0.25, 0.3) is 5.91 Å². The Morgan fingerprint density at radius 2 is 2.12 bits per heavy atom. The van der Waals surface area contributed by atoms with Crippen molar-refractivity contribution in [2.45, 2.75) is 26.2 Å². The normalized spacial score (nSPS) is 14.3. The highest BCUT2D eigenvalue weighted by molar-refractivity contribution is 5.97. The summed E-state index contributed by atoms with van der Waals surface area (Å²) in [5.41, 5.74) is 0.588. The Morgan fingerprint density at radius 1 is 1.31 bits per heavy atom. The SMILES string of the molecule is CCCCC1=CNC(=O)c2ccccc2O1. The molecule has 2 rings (SSSR count). The quantitative estimate of drug-likeness (QED) is 0.845. The van der Waals surface area contributed by atoms with E-state index in [1.165, 1.54) is 0 Å². The van der Waals surface area contributed by atoms with Gasteiger partial charge in [-0.3, -0.25) is 4.79 Å². The molecule has 1 aliphatic heterocycles. The number of ether oxygens (including phenoxy) is 1. The van der Waals surface area contributed by atoms with Gasteiger partial charge in [0.15, 0.2) is 0 Å². The van der Waals surface area contributed by atoms with Crippen LogP contribution in [0.4, 0.5) is 0 Å². The molecule has 0 saturated carbocycles. The molecule has 84 valence electrons. The van der Waals surface area contributed by atoms with E-state index < -0.39 is 0 Å². The summed E-state index contributed by atoms with van der Waals surface area (Å²) in [4.78, 5) is 11.7. The number of carbonyl (C=O) groups is 1. The van der Waals surface area contributed by atoms with E-state index >= 15 is 0 Å². The summed E-state index contributed by atoms with van der Waals surface area (Å²) < 4.78 is 5.71. The second kappa shape index (κ2) is 4.84. The summed E-state index contributed by atoms with van der Waals surface area (Å²) >= 11 is 0. The third-order valence-corrected chi connectivity index (χ3v) is 2.51. The minimum atomic E-state index is -0.109. The van der Waals surface area contributed by atoms with Crippen LogP contribution >= 0.6 is 0 Å². The molecule has 0 spiro atoms. The molecule has 0 atom stereocenters. The lowest BCUT2D eigenvalue weighted by atomic mass is 10.2. The predicted molar refractivity (Wildman–Crippen MR) is 62.1 cm³/mol. The van der Waals surface area contributed by atoms with Crippen molar-refractivity contribution in [3.05, 3.63) is 41.8 Å². The van der Waals surface area contributed by atoms with E-state index in [2.05, 4.69) is 12.2 Å². The summed E-state index contributed by atoms with van der Waals surface area (Å²) in [6.07, 6.45) is 4.68. The number of para-hydroxylation sites is 1. The molecule has 0 saturated heterocycles. The van der Waals surface area contributed by atoms with Crippen molar-refractivity contribution >= 4 is 5.91 Å². The fraction of sp³-hybridized carbons (Fsp3) is 0.308. The lowest BCUT2D eigenvalue weighted by Crippen LogP contribution is -2.15. The van der Waals surface area contributed by atoms with Gasteiger partial charge in [0.05, 0.1) is 5.56 Å². The van der Waals surface area contributed by atoms with E-state index in [4.69, 9.17) is 4.74 Å². The second-order valence-corrected chi connectivity index (χ2v) is 3.79. The highest BCUT2D eigenvalue weighted by Gasteiger charge is 2.16. The molecule has 1 aliphatic rings. The van der Waals surface area contributed by atoms with Gasteiger partial charge in [0.2, 0.25) is 0 Å². The fourth-order valence-corrected chi connectivity index (χ4v) is 1.61. The molecule has 16 heavy (non-hydrogen) atoms. The average molecular weight is 217 g/mol. The van der Waals surface area contributed by atoms with Crippen LogP contribution in [0.15, 0.2) is 36.2 Å². The molecule has 0 radical (unpaired) electrons. The zero-order chi connectivity index (χ0) is 11.4. The van der Waals surface area contributed by atoms with Crippen LogP contribution in [0.25, 0.3) is 0 Å². The lowest BCUT2D eigenvalue weighted by Gasteiger charge is -2.08. The van der Waals surface area contributed by atoms with Crippen LogP contribution in [0.1, 0.15) is 36.5 Å². The number of unbranched alkanes of at least 4 members (excludes halogenated alkanes) is 1. The minimum absolute atomic E-state index is 0.109. The molecule has 1 aromatic rings. The largest absolute Gasteiger partial charge is 0.459 e. The van der Waals surface area contributed by atoms with Gasteiger partial charge in [0.1, 0.15) is 11.5 Å². The number of rotatable bonds is 3. The van der Waals surface area contributed by atoms with Crippen LogP contribution in [0.2, 0.25) is 0 Å². The molecular formula is C13H15NO2. The molecule has 3 heteroatoms. The van der Waals surface area contributed by atoms with E-state index in [0.717, 1.165) is 25.0 Å². The van der Waals surface area contributed by atoms with Crippen molar-refractivity contribution in [2.24, 2.45) is 0 Å².